The largest absolute Gasteiger partial charge is 0.387 e. The Morgan fingerprint density at radius 2 is 2.00 bits per heavy atom. The summed E-state index contributed by atoms with van der Waals surface area (Å²) in [5.74, 6) is 0.333. The fraction of sp³-hybridized carbons (Fsp3) is 0.750. The highest BCUT2D eigenvalue weighted by atomic mass is 15.3. The van der Waals surface area contributed by atoms with Crippen molar-refractivity contribution in [1.82, 2.24) is 14.7 Å². The molecule has 0 saturated carbocycles. The van der Waals surface area contributed by atoms with E-state index in [9.17, 15) is 0 Å². The van der Waals surface area contributed by atoms with E-state index in [1.807, 2.05) is 0 Å². The summed E-state index contributed by atoms with van der Waals surface area (Å²) < 4.78 is 2.11. The quantitative estimate of drug-likeness (QED) is 0.625. The van der Waals surface area contributed by atoms with Crippen molar-refractivity contribution in [1.29, 1.82) is 5.41 Å². The Labute approximate surface area is 128 Å². The van der Waals surface area contributed by atoms with Gasteiger partial charge in [0.25, 0.3) is 0 Å². The summed E-state index contributed by atoms with van der Waals surface area (Å²) in [7, 11) is 0. The van der Waals surface area contributed by atoms with Gasteiger partial charge in [-0.05, 0) is 44.8 Å². The first-order valence-corrected chi connectivity index (χ1v) is 8.09. The normalized spacial score (nSPS) is 19.0. The molecule has 0 radical (unpaired) electrons. The number of nitrogens with zero attached hydrogens (tertiary/aromatic N) is 3. The lowest BCUT2D eigenvalue weighted by atomic mass is 9.79. The molecule has 1 aliphatic rings. The summed E-state index contributed by atoms with van der Waals surface area (Å²) in [6.45, 7) is 9.42. The summed E-state index contributed by atoms with van der Waals surface area (Å²) in [5, 5.41) is 12.4. The van der Waals surface area contributed by atoms with Crippen molar-refractivity contribution in [3.63, 3.8) is 0 Å². The fourth-order valence-corrected chi connectivity index (χ4v) is 3.03. The zero-order valence-corrected chi connectivity index (χ0v) is 13.6. The van der Waals surface area contributed by atoms with Crippen molar-refractivity contribution in [3.8, 4) is 0 Å². The van der Waals surface area contributed by atoms with Crippen molar-refractivity contribution in [2.75, 3.05) is 13.1 Å². The van der Waals surface area contributed by atoms with Gasteiger partial charge in [-0.2, -0.15) is 5.10 Å². The second-order valence-corrected chi connectivity index (χ2v) is 6.51. The minimum absolute atomic E-state index is 0.106. The van der Waals surface area contributed by atoms with Crippen LogP contribution in [0.3, 0.4) is 0 Å². The Balaban J connectivity index is 1.91. The van der Waals surface area contributed by atoms with Crippen LogP contribution in [0.2, 0.25) is 0 Å². The summed E-state index contributed by atoms with van der Waals surface area (Å²) >= 11 is 0. The molecule has 0 amide bonds. The van der Waals surface area contributed by atoms with E-state index in [-0.39, 0.29) is 5.41 Å². The molecule has 1 fully saturated rings. The average molecular weight is 291 g/mol. The first-order chi connectivity index (χ1) is 9.98. The molecule has 5 nitrogen and oxygen atoms in total. The molecule has 0 aromatic carbocycles. The van der Waals surface area contributed by atoms with Crippen molar-refractivity contribution < 1.29 is 0 Å². The SMILES string of the molecule is CCC(CC)n1ccc(CN2CCC(C)(C(=N)N)CC2)n1. The zero-order valence-electron chi connectivity index (χ0n) is 13.6. The van der Waals surface area contributed by atoms with Gasteiger partial charge in [-0.1, -0.05) is 20.8 Å². The Hall–Kier alpha value is -1.36. The number of rotatable bonds is 6. The van der Waals surface area contributed by atoms with Crippen molar-refractivity contribution in [2.24, 2.45) is 11.1 Å². The third kappa shape index (κ3) is 3.64. The molecule has 1 aromatic rings. The molecule has 1 aromatic heterocycles. The third-order valence-corrected chi connectivity index (χ3v) is 4.98. The Bertz CT molecular complexity index is 467. The molecule has 5 heteroatoms. The standard InChI is InChI=1S/C16H29N5/c1-4-14(5-2)21-9-6-13(19-21)12-20-10-7-16(3,8-11-20)15(17)18/h6,9,14H,4-5,7-8,10-12H2,1-3H3,(H3,17,18). The van der Waals surface area contributed by atoms with Gasteiger partial charge in [-0.15, -0.1) is 0 Å². The van der Waals surface area contributed by atoms with E-state index < -0.39 is 0 Å². The molecule has 0 unspecified atom stereocenters. The van der Waals surface area contributed by atoms with E-state index in [0.29, 0.717) is 11.9 Å². The van der Waals surface area contributed by atoms with E-state index in [0.717, 1.165) is 51.0 Å². The number of piperidine rings is 1. The molecule has 3 N–H and O–H groups in total. The number of amidine groups is 1. The van der Waals surface area contributed by atoms with Crippen LogP contribution in [0.5, 0.6) is 0 Å². The molecule has 21 heavy (non-hydrogen) atoms. The maximum atomic E-state index is 7.71. The fourth-order valence-electron chi connectivity index (χ4n) is 3.03. The molecular weight excluding hydrogens is 262 g/mol. The molecule has 1 saturated heterocycles. The highest BCUT2D eigenvalue weighted by Crippen LogP contribution is 2.31. The van der Waals surface area contributed by atoms with E-state index in [1.54, 1.807) is 0 Å². The van der Waals surface area contributed by atoms with Gasteiger partial charge in [0, 0.05) is 18.2 Å². The number of hydrogen-bond acceptors (Lipinski definition) is 3. The number of nitrogens with one attached hydrogen (secondary N) is 1. The highest BCUT2D eigenvalue weighted by molar-refractivity contribution is 5.83. The summed E-state index contributed by atoms with van der Waals surface area (Å²) in [6.07, 6.45) is 6.29. The maximum absolute atomic E-state index is 7.71. The van der Waals surface area contributed by atoms with Gasteiger partial charge < -0.3 is 5.73 Å². The lowest BCUT2D eigenvalue weighted by Gasteiger charge is -2.38. The first kappa shape index (κ1) is 16.0. The van der Waals surface area contributed by atoms with E-state index in [1.165, 1.54) is 0 Å². The van der Waals surface area contributed by atoms with Crippen LogP contribution in [0, 0.1) is 10.8 Å². The highest BCUT2D eigenvalue weighted by Gasteiger charge is 2.32. The molecule has 0 spiro atoms. The molecular formula is C16H29N5. The van der Waals surface area contributed by atoms with Crippen LogP contribution in [0.1, 0.15) is 58.2 Å². The molecule has 118 valence electrons. The van der Waals surface area contributed by atoms with Crippen molar-refractivity contribution >= 4 is 5.84 Å². The Kier molecular flexibility index (Phi) is 5.04. The van der Waals surface area contributed by atoms with Crippen LogP contribution in [0.15, 0.2) is 12.3 Å². The molecule has 2 heterocycles. The van der Waals surface area contributed by atoms with E-state index >= 15 is 0 Å². The summed E-state index contributed by atoms with van der Waals surface area (Å²) in [5.41, 5.74) is 6.76. The summed E-state index contributed by atoms with van der Waals surface area (Å²) in [4.78, 5) is 2.42. The Morgan fingerprint density at radius 1 is 1.38 bits per heavy atom. The van der Waals surface area contributed by atoms with Crippen LogP contribution >= 0.6 is 0 Å². The predicted molar refractivity (Wildman–Crippen MR) is 86.4 cm³/mol. The second kappa shape index (κ2) is 6.60. The van der Waals surface area contributed by atoms with Gasteiger partial charge in [0.1, 0.15) is 0 Å². The van der Waals surface area contributed by atoms with Gasteiger partial charge >= 0.3 is 0 Å². The number of likely N-dealkylation sites (tertiary alicyclic amines) is 1. The summed E-state index contributed by atoms with van der Waals surface area (Å²) in [6, 6.07) is 2.65. The van der Waals surface area contributed by atoms with E-state index in [4.69, 9.17) is 16.2 Å². The zero-order chi connectivity index (χ0) is 15.5. The first-order valence-electron chi connectivity index (χ1n) is 8.09. The monoisotopic (exact) mass is 291 g/mol. The molecule has 1 aliphatic heterocycles. The minimum Gasteiger partial charge on any atom is -0.387 e. The van der Waals surface area contributed by atoms with E-state index in [2.05, 4.69) is 42.6 Å². The average Bonchev–Trinajstić information content (AvgIpc) is 2.91. The van der Waals surface area contributed by atoms with Gasteiger partial charge in [-0.3, -0.25) is 15.0 Å². The number of nitrogens with two attached hydrogens (primary N) is 1. The molecule has 2 rings (SSSR count). The van der Waals surface area contributed by atoms with Crippen LogP contribution < -0.4 is 5.73 Å². The number of hydrogen-bond donors (Lipinski definition) is 2. The lowest BCUT2D eigenvalue weighted by molar-refractivity contribution is 0.154. The minimum atomic E-state index is -0.106. The predicted octanol–water partition coefficient (Wildman–Crippen LogP) is 2.78. The number of aromatic nitrogens is 2. The third-order valence-electron chi connectivity index (χ3n) is 4.98. The van der Waals surface area contributed by atoms with Gasteiger partial charge in [-0.25, -0.2) is 0 Å². The molecule has 0 aliphatic carbocycles. The van der Waals surface area contributed by atoms with Crippen molar-refractivity contribution in [2.45, 2.75) is 59.0 Å². The van der Waals surface area contributed by atoms with Gasteiger partial charge in [0.15, 0.2) is 0 Å². The van der Waals surface area contributed by atoms with Crippen molar-refractivity contribution in [3.05, 3.63) is 18.0 Å². The van der Waals surface area contributed by atoms with Crippen LogP contribution in [0.4, 0.5) is 0 Å². The van der Waals surface area contributed by atoms with Gasteiger partial charge in [0.05, 0.1) is 17.6 Å². The lowest BCUT2D eigenvalue weighted by Crippen LogP contribution is -2.44. The maximum Gasteiger partial charge on any atom is 0.0966 e. The second-order valence-electron chi connectivity index (χ2n) is 6.51. The van der Waals surface area contributed by atoms with Crippen LogP contribution in [-0.4, -0.2) is 33.6 Å². The van der Waals surface area contributed by atoms with Gasteiger partial charge in [0.2, 0.25) is 0 Å². The van der Waals surface area contributed by atoms with Crippen LogP contribution in [-0.2, 0) is 6.54 Å². The molecule has 0 bridgehead atoms. The topological polar surface area (TPSA) is 70.9 Å². The molecule has 0 atom stereocenters. The smallest absolute Gasteiger partial charge is 0.0966 e. The Morgan fingerprint density at radius 3 is 2.52 bits per heavy atom. The van der Waals surface area contributed by atoms with Crippen LogP contribution in [0.25, 0.3) is 0 Å².